The molecular weight excluding hydrogens is 416 g/mol. The Labute approximate surface area is 199 Å². The molecule has 3 aliphatic rings. The highest BCUT2D eigenvalue weighted by atomic mass is 32.1. The monoisotopic (exact) mass is 456 g/mol. The Morgan fingerprint density at radius 1 is 1.00 bits per heavy atom. The summed E-state index contributed by atoms with van der Waals surface area (Å²) in [6.07, 6.45) is 17.9. The van der Waals surface area contributed by atoms with Crippen LogP contribution in [0.4, 0.5) is 11.8 Å². The molecule has 0 saturated heterocycles. The van der Waals surface area contributed by atoms with Gasteiger partial charge in [0.15, 0.2) is 5.11 Å². The molecule has 1 heterocycles. The molecule has 0 unspecified atom stereocenters. The van der Waals surface area contributed by atoms with E-state index >= 15 is 0 Å². The van der Waals surface area contributed by atoms with E-state index in [1.54, 1.807) is 5.57 Å². The fourth-order valence-electron chi connectivity index (χ4n) is 5.28. The summed E-state index contributed by atoms with van der Waals surface area (Å²) in [5, 5.41) is 11.4. The highest BCUT2D eigenvalue weighted by Crippen LogP contribution is 2.29. The van der Waals surface area contributed by atoms with Gasteiger partial charge in [0.2, 0.25) is 5.95 Å². The molecule has 0 aromatic carbocycles. The average Bonchev–Trinajstić information content (AvgIpc) is 2.80. The van der Waals surface area contributed by atoms with E-state index in [0.29, 0.717) is 12.1 Å². The Hall–Kier alpha value is -1.89. The zero-order valence-electron chi connectivity index (χ0n) is 19.9. The first-order valence-electron chi connectivity index (χ1n) is 12.6. The molecule has 1 aromatic rings. The molecule has 0 bridgehead atoms. The molecule has 1 saturated carbocycles. The van der Waals surface area contributed by atoms with E-state index in [1.807, 2.05) is 0 Å². The van der Waals surface area contributed by atoms with Crippen molar-refractivity contribution in [2.24, 2.45) is 0 Å². The van der Waals surface area contributed by atoms with Crippen molar-refractivity contribution in [2.75, 3.05) is 30.9 Å². The first-order valence-corrected chi connectivity index (χ1v) is 13.0. The van der Waals surface area contributed by atoms with Crippen LogP contribution in [0, 0.1) is 0 Å². The summed E-state index contributed by atoms with van der Waals surface area (Å²) in [5.41, 5.74) is 4.19. The highest BCUT2D eigenvalue weighted by Gasteiger charge is 2.24. The molecule has 3 aliphatic carbocycles. The molecule has 1 fully saturated rings. The van der Waals surface area contributed by atoms with Gasteiger partial charge in [0.1, 0.15) is 5.82 Å². The maximum Gasteiger partial charge on any atom is 0.225 e. The fraction of sp³-hybridized carbons (Fsp3) is 0.720. The van der Waals surface area contributed by atoms with Gasteiger partial charge in [-0.25, -0.2) is 4.98 Å². The van der Waals surface area contributed by atoms with Crippen LogP contribution in [-0.2, 0) is 12.8 Å². The molecule has 3 N–H and O–H groups in total. The maximum atomic E-state index is 5.55. The molecule has 176 valence electrons. The van der Waals surface area contributed by atoms with Crippen molar-refractivity contribution >= 4 is 29.1 Å². The van der Waals surface area contributed by atoms with Gasteiger partial charge < -0.3 is 20.9 Å². The van der Waals surface area contributed by atoms with Gasteiger partial charge in [-0.15, -0.1) is 0 Å². The summed E-state index contributed by atoms with van der Waals surface area (Å²) >= 11 is 5.55. The van der Waals surface area contributed by atoms with E-state index in [2.05, 4.69) is 41.0 Å². The molecule has 7 heteroatoms. The molecule has 4 rings (SSSR count). The predicted molar refractivity (Wildman–Crippen MR) is 138 cm³/mol. The number of thiocarbonyl (C=S) groups is 1. The Kier molecular flexibility index (Phi) is 8.22. The highest BCUT2D eigenvalue weighted by molar-refractivity contribution is 7.80. The van der Waals surface area contributed by atoms with Crippen LogP contribution in [-0.4, -0.2) is 47.8 Å². The molecule has 6 nitrogen and oxygen atoms in total. The van der Waals surface area contributed by atoms with Crippen LogP contribution in [0.15, 0.2) is 11.6 Å². The van der Waals surface area contributed by atoms with Gasteiger partial charge in [0, 0.05) is 38.3 Å². The van der Waals surface area contributed by atoms with Crippen molar-refractivity contribution in [3.05, 3.63) is 22.9 Å². The number of fused-ring (bicyclic) bond motifs is 1. The third kappa shape index (κ3) is 6.33. The second kappa shape index (κ2) is 11.3. The summed E-state index contributed by atoms with van der Waals surface area (Å²) < 4.78 is 0. The van der Waals surface area contributed by atoms with E-state index in [9.17, 15) is 0 Å². The van der Waals surface area contributed by atoms with Gasteiger partial charge in [0.25, 0.3) is 0 Å². The molecule has 0 spiro atoms. The van der Waals surface area contributed by atoms with Crippen LogP contribution in [0.1, 0.15) is 81.9 Å². The van der Waals surface area contributed by atoms with Gasteiger partial charge in [-0.3, -0.25) is 0 Å². The van der Waals surface area contributed by atoms with Crippen LogP contribution >= 0.6 is 12.2 Å². The van der Waals surface area contributed by atoms with E-state index in [-0.39, 0.29) is 0 Å². The first-order chi connectivity index (χ1) is 15.6. The SMILES string of the molecule is CN(C)c1nc(NC2CCC(NC(=S)NCCC3=CCCCC3)CC2)nc2c1CCCC2. The molecule has 32 heavy (non-hydrogen) atoms. The van der Waals surface area contributed by atoms with Crippen LogP contribution in [0.25, 0.3) is 0 Å². The van der Waals surface area contributed by atoms with E-state index in [4.69, 9.17) is 22.2 Å². The molecule has 0 atom stereocenters. The number of nitrogens with one attached hydrogen (secondary N) is 3. The zero-order valence-corrected chi connectivity index (χ0v) is 20.7. The predicted octanol–water partition coefficient (Wildman–Crippen LogP) is 4.50. The average molecular weight is 457 g/mol. The molecule has 0 radical (unpaired) electrons. The van der Waals surface area contributed by atoms with Crippen LogP contribution in [0.3, 0.4) is 0 Å². The van der Waals surface area contributed by atoms with Crippen molar-refractivity contribution in [1.82, 2.24) is 20.6 Å². The van der Waals surface area contributed by atoms with Crippen LogP contribution in [0.2, 0.25) is 0 Å². The number of aromatic nitrogens is 2. The smallest absolute Gasteiger partial charge is 0.225 e. The summed E-state index contributed by atoms with van der Waals surface area (Å²) in [6, 6.07) is 0.896. The topological polar surface area (TPSA) is 65.1 Å². The summed E-state index contributed by atoms with van der Waals surface area (Å²) in [5.74, 6) is 1.90. The minimum absolute atomic E-state index is 0.435. The van der Waals surface area contributed by atoms with Gasteiger partial charge >= 0.3 is 0 Å². The Morgan fingerprint density at radius 2 is 1.75 bits per heavy atom. The molecular formula is C25H40N6S. The summed E-state index contributed by atoms with van der Waals surface area (Å²) in [6.45, 7) is 0.943. The minimum Gasteiger partial charge on any atom is -0.362 e. The summed E-state index contributed by atoms with van der Waals surface area (Å²) in [7, 11) is 4.17. The van der Waals surface area contributed by atoms with E-state index in [1.165, 1.54) is 49.8 Å². The van der Waals surface area contributed by atoms with Crippen molar-refractivity contribution in [3.8, 4) is 0 Å². The van der Waals surface area contributed by atoms with E-state index < -0.39 is 0 Å². The lowest BCUT2D eigenvalue weighted by Crippen LogP contribution is -2.45. The number of anilines is 2. The third-order valence-electron chi connectivity index (χ3n) is 7.10. The molecule has 0 aliphatic heterocycles. The standard InChI is InChI=1S/C25H40N6S/c1-31(2)23-21-10-6-7-11-22(21)29-24(30-23)27-19-12-14-20(15-13-19)28-25(32)26-17-16-18-8-4-3-5-9-18/h8,19-20H,3-7,9-17H2,1-2H3,(H2,26,28,32)(H,27,29,30). The zero-order chi connectivity index (χ0) is 22.3. The normalized spacial score (nSPS) is 23.0. The largest absolute Gasteiger partial charge is 0.362 e. The maximum absolute atomic E-state index is 5.55. The van der Waals surface area contributed by atoms with Gasteiger partial charge in [0.05, 0.1) is 5.69 Å². The number of rotatable bonds is 7. The lowest BCUT2D eigenvalue weighted by molar-refractivity contribution is 0.385. The van der Waals surface area contributed by atoms with Crippen LogP contribution < -0.4 is 20.9 Å². The minimum atomic E-state index is 0.435. The van der Waals surface area contributed by atoms with Gasteiger partial charge in [-0.2, -0.15) is 4.98 Å². The van der Waals surface area contributed by atoms with Gasteiger partial charge in [-0.05, 0) is 95.7 Å². The summed E-state index contributed by atoms with van der Waals surface area (Å²) in [4.78, 5) is 11.9. The number of hydrogen-bond donors (Lipinski definition) is 3. The lowest BCUT2D eigenvalue weighted by atomic mass is 9.91. The number of allylic oxidation sites excluding steroid dienone is 1. The van der Waals surface area contributed by atoms with E-state index in [0.717, 1.165) is 68.4 Å². The second-order valence-corrected chi connectivity index (χ2v) is 10.3. The van der Waals surface area contributed by atoms with Crippen LogP contribution in [0.5, 0.6) is 0 Å². The quantitative estimate of drug-likeness (QED) is 0.412. The number of aryl methyl sites for hydroxylation is 1. The lowest BCUT2D eigenvalue weighted by Gasteiger charge is -2.31. The third-order valence-corrected chi connectivity index (χ3v) is 7.36. The Morgan fingerprint density at radius 3 is 2.50 bits per heavy atom. The Bertz CT molecular complexity index is 813. The van der Waals surface area contributed by atoms with Crippen molar-refractivity contribution in [2.45, 2.75) is 95.6 Å². The number of hydrogen-bond acceptors (Lipinski definition) is 5. The molecule has 0 amide bonds. The van der Waals surface area contributed by atoms with Crippen molar-refractivity contribution in [3.63, 3.8) is 0 Å². The van der Waals surface area contributed by atoms with Gasteiger partial charge in [-0.1, -0.05) is 11.6 Å². The Balaban J connectivity index is 1.21. The second-order valence-electron chi connectivity index (χ2n) is 9.85. The molecule has 1 aromatic heterocycles. The van der Waals surface area contributed by atoms with Crippen molar-refractivity contribution in [1.29, 1.82) is 0 Å². The number of nitrogens with zero attached hydrogens (tertiary/aromatic N) is 3. The first kappa shape index (κ1) is 23.3. The fourth-order valence-corrected chi connectivity index (χ4v) is 5.55. The van der Waals surface area contributed by atoms with Crippen molar-refractivity contribution < 1.29 is 0 Å².